The van der Waals surface area contributed by atoms with Crippen LogP contribution in [0.3, 0.4) is 0 Å². The van der Waals surface area contributed by atoms with Crippen LogP contribution < -0.4 is 4.90 Å². The summed E-state index contributed by atoms with van der Waals surface area (Å²) in [6.07, 6.45) is 1.03. The normalized spacial score (nSPS) is 18.1. The molecular formula is C17H17ClN2O2. The second-order valence-electron chi connectivity index (χ2n) is 5.65. The van der Waals surface area contributed by atoms with Crippen molar-refractivity contribution in [2.75, 3.05) is 11.4 Å². The Kier molecular flexibility index (Phi) is 4.03. The summed E-state index contributed by atoms with van der Waals surface area (Å²) in [5.41, 5.74) is 3.58. The molecule has 0 N–H and O–H groups in total. The van der Waals surface area contributed by atoms with E-state index in [0.717, 1.165) is 12.0 Å². The van der Waals surface area contributed by atoms with Gasteiger partial charge >= 0.3 is 0 Å². The van der Waals surface area contributed by atoms with Crippen LogP contribution in [0.25, 0.3) is 0 Å². The highest BCUT2D eigenvalue weighted by molar-refractivity contribution is 6.21. The number of nitro groups is 1. The van der Waals surface area contributed by atoms with Crippen LogP contribution in [-0.4, -0.2) is 17.5 Å². The number of non-ortho nitro benzene ring substituents is 1. The number of nitro benzene ring substituents is 1. The zero-order valence-corrected chi connectivity index (χ0v) is 13.0. The Labute approximate surface area is 134 Å². The lowest BCUT2D eigenvalue weighted by atomic mass is 10.1. The van der Waals surface area contributed by atoms with Crippen LogP contribution in [0, 0.1) is 10.1 Å². The Morgan fingerprint density at radius 1 is 1.27 bits per heavy atom. The molecular weight excluding hydrogens is 300 g/mol. The number of rotatable bonds is 4. The van der Waals surface area contributed by atoms with Crippen molar-refractivity contribution < 1.29 is 4.92 Å². The molecule has 1 aliphatic rings. The van der Waals surface area contributed by atoms with Crippen molar-refractivity contribution in [3.05, 3.63) is 69.8 Å². The lowest BCUT2D eigenvalue weighted by Gasteiger charge is -2.27. The molecule has 114 valence electrons. The first-order valence-electron chi connectivity index (χ1n) is 7.29. The highest BCUT2D eigenvalue weighted by Gasteiger charge is 2.27. The van der Waals surface area contributed by atoms with Crippen molar-refractivity contribution in [1.82, 2.24) is 0 Å². The van der Waals surface area contributed by atoms with E-state index in [2.05, 4.69) is 30.0 Å². The van der Waals surface area contributed by atoms with E-state index in [1.807, 2.05) is 6.07 Å². The van der Waals surface area contributed by atoms with Crippen LogP contribution >= 0.6 is 11.6 Å². The summed E-state index contributed by atoms with van der Waals surface area (Å²) < 4.78 is 0. The highest BCUT2D eigenvalue weighted by atomic mass is 35.5. The van der Waals surface area contributed by atoms with E-state index in [0.29, 0.717) is 12.6 Å². The fourth-order valence-electron chi connectivity index (χ4n) is 2.99. The third kappa shape index (κ3) is 2.79. The van der Waals surface area contributed by atoms with Gasteiger partial charge in [0.15, 0.2) is 0 Å². The van der Waals surface area contributed by atoms with Crippen molar-refractivity contribution in [1.29, 1.82) is 0 Å². The molecule has 2 aromatic rings. The van der Waals surface area contributed by atoms with Crippen LogP contribution in [-0.2, 0) is 6.42 Å². The Morgan fingerprint density at radius 3 is 2.64 bits per heavy atom. The summed E-state index contributed by atoms with van der Waals surface area (Å²) in [5.74, 6) is 0. The fraction of sp³-hybridized carbons (Fsp3) is 0.294. The van der Waals surface area contributed by atoms with E-state index in [4.69, 9.17) is 11.6 Å². The van der Waals surface area contributed by atoms with Crippen LogP contribution in [0.1, 0.15) is 23.4 Å². The van der Waals surface area contributed by atoms with Gasteiger partial charge in [-0.3, -0.25) is 10.1 Å². The molecule has 4 nitrogen and oxygen atoms in total. The lowest BCUT2D eigenvalue weighted by molar-refractivity contribution is -0.384. The number of benzene rings is 2. The SMILES string of the molecule is CC1Cc2ccccc2N1CC(Cl)c1ccc([N+](=O)[O-])cc1. The van der Waals surface area contributed by atoms with Gasteiger partial charge in [0.05, 0.1) is 10.3 Å². The van der Waals surface area contributed by atoms with Crippen molar-refractivity contribution >= 4 is 23.0 Å². The maximum absolute atomic E-state index is 10.7. The summed E-state index contributed by atoms with van der Waals surface area (Å²) in [4.78, 5) is 12.6. The zero-order valence-electron chi connectivity index (χ0n) is 12.3. The van der Waals surface area contributed by atoms with Crippen molar-refractivity contribution in [2.45, 2.75) is 24.8 Å². The minimum atomic E-state index is -0.397. The van der Waals surface area contributed by atoms with Gasteiger partial charge in [-0.1, -0.05) is 30.3 Å². The molecule has 2 unspecified atom stereocenters. The second kappa shape index (κ2) is 5.97. The fourth-order valence-corrected chi connectivity index (χ4v) is 3.28. The van der Waals surface area contributed by atoms with E-state index in [-0.39, 0.29) is 11.1 Å². The van der Waals surface area contributed by atoms with E-state index in [9.17, 15) is 10.1 Å². The summed E-state index contributed by atoms with van der Waals surface area (Å²) in [7, 11) is 0. The first kappa shape index (κ1) is 14.9. The highest BCUT2D eigenvalue weighted by Crippen LogP contribution is 2.35. The summed E-state index contributed by atoms with van der Waals surface area (Å²) in [6, 6.07) is 15.3. The molecule has 5 heteroatoms. The number of para-hydroxylation sites is 1. The van der Waals surface area contributed by atoms with Crippen LogP contribution in [0.15, 0.2) is 48.5 Å². The molecule has 2 aromatic carbocycles. The van der Waals surface area contributed by atoms with Gasteiger partial charge in [0.25, 0.3) is 5.69 Å². The first-order valence-corrected chi connectivity index (χ1v) is 7.73. The third-order valence-electron chi connectivity index (χ3n) is 4.17. The largest absolute Gasteiger partial charge is 0.366 e. The molecule has 0 aromatic heterocycles. The van der Waals surface area contributed by atoms with Gasteiger partial charge in [-0.25, -0.2) is 0 Å². The molecule has 3 rings (SSSR count). The lowest BCUT2D eigenvalue weighted by Crippen LogP contribution is -2.32. The number of alkyl halides is 1. The van der Waals surface area contributed by atoms with Crippen molar-refractivity contribution in [3.63, 3.8) is 0 Å². The third-order valence-corrected chi connectivity index (χ3v) is 4.56. The smallest absolute Gasteiger partial charge is 0.269 e. The van der Waals surface area contributed by atoms with Crippen LogP contribution in [0.5, 0.6) is 0 Å². The predicted molar refractivity (Wildman–Crippen MR) is 88.6 cm³/mol. The number of halogens is 1. The molecule has 0 bridgehead atoms. The van der Waals surface area contributed by atoms with Gasteiger partial charge in [0.2, 0.25) is 0 Å². The molecule has 0 fully saturated rings. The molecule has 0 radical (unpaired) electrons. The van der Waals surface area contributed by atoms with Gasteiger partial charge in [0, 0.05) is 30.4 Å². The molecule has 1 heterocycles. The molecule has 0 saturated heterocycles. The zero-order chi connectivity index (χ0) is 15.7. The maximum Gasteiger partial charge on any atom is 0.269 e. The van der Waals surface area contributed by atoms with E-state index < -0.39 is 4.92 Å². The Hall–Kier alpha value is -2.07. The number of fused-ring (bicyclic) bond motifs is 1. The van der Waals surface area contributed by atoms with E-state index in [1.165, 1.54) is 23.4 Å². The van der Waals surface area contributed by atoms with Gasteiger partial charge in [-0.15, -0.1) is 11.6 Å². The summed E-state index contributed by atoms with van der Waals surface area (Å²) >= 11 is 6.54. The Bertz CT molecular complexity index is 687. The van der Waals surface area contributed by atoms with Crippen LogP contribution in [0.2, 0.25) is 0 Å². The molecule has 0 spiro atoms. The first-order chi connectivity index (χ1) is 10.6. The van der Waals surface area contributed by atoms with Gasteiger partial charge in [0.1, 0.15) is 0 Å². The van der Waals surface area contributed by atoms with Gasteiger partial charge in [-0.2, -0.15) is 0 Å². The average Bonchev–Trinajstić information content (AvgIpc) is 2.83. The summed E-state index contributed by atoms with van der Waals surface area (Å²) in [5, 5.41) is 10.5. The minimum absolute atomic E-state index is 0.0903. The number of anilines is 1. The summed E-state index contributed by atoms with van der Waals surface area (Å²) in [6.45, 7) is 2.89. The monoisotopic (exact) mass is 316 g/mol. The number of nitrogens with zero attached hydrogens (tertiary/aromatic N) is 2. The van der Waals surface area contributed by atoms with Crippen molar-refractivity contribution in [3.8, 4) is 0 Å². The Balaban J connectivity index is 1.77. The maximum atomic E-state index is 10.7. The average molecular weight is 317 g/mol. The van der Waals surface area contributed by atoms with Crippen molar-refractivity contribution in [2.24, 2.45) is 0 Å². The van der Waals surface area contributed by atoms with Crippen LogP contribution in [0.4, 0.5) is 11.4 Å². The van der Waals surface area contributed by atoms with Gasteiger partial charge < -0.3 is 4.90 Å². The standard InChI is InChI=1S/C17H17ClN2O2/c1-12-10-14-4-2-3-5-17(14)19(12)11-16(18)13-6-8-15(9-7-13)20(21)22/h2-9,12,16H,10-11H2,1H3. The molecule has 1 aliphatic heterocycles. The predicted octanol–water partition coefficient (Wildman–Crippen LogP) is 4.33. The molecule has 22 heavy (non-hydrogen) atoms. The van der Waals surface area contributed by atoms with Gasteiger partial charge in [-0.05, 0) is 30.5 Å². The topological polar surface area (TPSA) is 46.4 Å². The molecule has 2 atom stereocenters. The molecule has 0 amide bonds. The number of hydrogen-bond donors (Lipinski definition) is 0. The quantitative estimate of drug-likeness (QED) is 0.479. The molecule has 0 saturated carbocycles. The number of hydrogen-bond acceptors (Lipinski definition) is 3. The Morgan fingerprint density at radius 2 is 1.95 bits per heavy atom. The van der Waals surface area contributed by atoms with E-state index in [1.54, 1.807) is 12.1 Å². The van der Waals surface area contributed by atoms with E-state index >= 15 is 0 Å². The minimum Gasteiger partial charge on any atom is -0.366 e. The molecule has 0 aliphatic carbocycles. The second-order valence-corrected chi connectivity index (χ2v) is 6.18.